The van der Waals surface area contributed by atoms with Crippen molar-refractivity contribution >= 4 is 27.3 Å². The number of thiazole rings is 1. The van der Waals surface area contributed by atoms with Crippen LogP contribution in [-0.4, -0.2) is 4.98 Å². The summed E-state index contributed by atoms with van der Waals surface area (Å²) in [6.45, 7) is 0. The Kier molecular flexibility index (Phi) is 2.37. The third-order valence-electron chi connectivity index (χ3n) is 2.57. The van der Waals surface area contributed by atoms with Crippen molar-refractivity contribution in [1.29, 1.82) is 0 Å². The van der Waals surface area contributed by atoms with Crippen molar-refractivity contribution in [2.45, 2.75) is 18.8 Å². The molecule has 0 bridgehead atoms. The molecule has 76 valence electrons. The highest BCUT2D eigenvalue weighted by molar-refractivity contribution is 9.10. The maximum absolute atomic E-state index is 4.68. The van der Waals surface area contributed by atoms with Crippen LogP contribution < -0.4 is 0 Å². The molecule has 3 rings (SSSR count). The normalized spacial score (nSPS) is 15.5. The van der Waals surface area contributed by atoms with Gasteiger partial charge in [0.2, 0.25) is 0 Å². The van der Waals surface area contributed by atoms with E-state index in [1.165, 1.54) is 23.4 Å². The number of halogens is 1. The van der Waals surface area contributed by atoms with Gasteiger partial charge in [-0.15, -0.1) is 11.3 Å². The Morgan fingerprint density at radius 2 is 2.20 bits per heavy atom. The number of aromatic nitrogens is 1. The molecule has 1 saturated carbocycles. The van der Waals surface area contributed by atoms with Gasteiger partial charge in [0, 0.05) is 21.3 Å². The molecule has 1 nitrogen and oxygen atoms in total. The summed E-state index contributed by atoms with van der Waals surface area (Å²) in [5.41, 5.74) is 2.32. The van der Waals surface area contributed by atoms with E-state index in [4.69, 9.17) is 0 Å². The molecule has 0 saturated heterocycles. The minimum atomic E-state index is 0.760. The molecular formula is C12H10BrNS. The van der Waals surface area contributed by atoms with Crippen molar-refractivity contribution in [3.63, 3.8) is 0 Å². The molecule has 1 heterocycles. The van der Waals surface area contributed by atoms with Gasteiger partial charge in [-0.2, -0.15) is 0 Å². The van der Waals surface area contributed by atoms with Crippen LogP contribution in [0.4, 0.5) is 0 Å². The topological polar surface area (TPSA) is 12.9 Å². The van der Waals surface area contributed by atoms with Gasteiger partial charge in [-0.3, -0.25) is 0 Å². The summed E-state index contributed by atoms with van der Waals surface area (Å²) >= 11 is 5.28. The molecule has 3 heteroatoms. The molecule has 2 aromatic rings. The number of hydrogen-bond acceptors (Lipinski definition) is 2. The predicted molar refractivity (Wildman–Crippen MR) is 67.2 cm³/mol. The zero-order valence-corrected chi connectivity index (χ0v) is 10.5. The van der Waals surface area contributed by atoms with Gasteiger partial charge in [0.25, 0.3) is 0 Å². The van der Waals surface area contributed by atoms with E-state index in [9.17, 15) is 0 Å². The lowest BCUT2D eigenvalue weighted by atomic mass is 10.2. The Morgan fingerprint density at radius 3 is 2.93 bits per heavy atom. The SMILES string of the molecule is Brc1cccc(-c2csc(C3CC3)n2)c1. The van der Waals surface area contributed by atoms with Crippen LogP contribution in [-0.2, 0) is 0 Å². The van der Waals surface area contributed by atoms with Crippen LogP contribution in [0.5, 0.6) is 0 Å². The number of rotatable bonds is 2. The highest BCUT2D eigenvalue weighted by Gasteiger charge is 2.26. The van der Waals surface area contributed by atoms with E-state index in [-0.39, 0.29) is 0 Å². The molecule has 1 aromatic heterocycles. The summed E-state index contributed by atoms with van der Waals surface area (Å²) in [5.74, 6) is 0.760. The van der Waals surface area contributed by atoms with Crippen molar-refractivity contribution in [3.05, 3.63) is 39.1 Å². The van der Waals surface area contributed by atoms with Crippen LogP contribution in [0.2, 0.25) is 0 Å². The van der Waals surface area contributed by atoms with Crippen LogP contribution in [0.3, 0.4) is 0 Å². The van der Waals surface area contributed by atoms with E-state index in [0.29, 0.717) is 0 Å². The number of hydrogen-bond donors (Lipinski definition) is 0. The van der Waals surface area contributed by atoms with Gasteiger partial charge in [-0.05, 0) is 25.0 Å². The second kappa shape index (κ2) is 3.72. The highest BCUT2D eigenvalue weighted by Crippen LogP contribution is 2.42. The zero-order chi connectivity index (χ0) is 10.3. The minimum Gasteiger partial charge on any atom is -0.241 e. The molecule has 0 N–H and O–H groups in total. The summed E-state index contributed by atoms with van der Waals surface area (Å²) < 4.78 is 1.11. The molecule has 0 atom stereocenters. The Labute approximate surface area is 101 Å². The fourth-order valence-corrected chi connectivity index (χ4v) is 2.99. The average Bonchev–Trinajstić information content (AvgIpc) is 2.97. The fourth-order valence-electron chi connectivity index (χ4n) is 1.59. The molecule has 1 aliphatic carbocycles. The largest absolute Gasteiger partial charge is 0.241 e. The molecule has 15 heavy (non-hydrogen) atoms. The summed E-state index contributed by atoms with van der Waals surface area (Å²) in [6, 6.07) is 8.31. The van der Waals surface area contributed by atoms with E-state index < -0.39 is 0 Å². The first kappa shape index (κ1) is 9.55. The van der Waals surface area contributed by atoms with E-state index in [1.54, 1.807) is 11.3 Å². The first-order valence-corrected chi connectivity index (χ1v) is 6.71. The van der Waals surface area contributed by atoms with Crippen molar-refractivity contribution in [3.8, 4) is 11.3 Å². The van der Waals surface area contributed by atoms with Crippen LogP contribution in [0, 0.1) is 0 Å². The molecule has 1 fully saturated rings. The van der Waals surface area contributed by atoms with Gasteiger partial charge in [0.05, 0.1) is 10.7 Å². The van der Waals surface area contributed by atoms with Crippen LogP contribution >= 0.6 is 27.3 Å². The molecule has 0 amide bonds. The van der Waals surface area contributed by atoms with Gasteiger partial charge in [0.15, 0.2) is 0 Å². The lowest BCUT2D eigenvalue weighted by Gasteiger charge is -1.96. The van der Waals surface area contributed by atoms with Crippen LogP contribution in [0.1, 0.15) is 23.8 Å². The van der Waals surface area contributed by atoms with E-state index in [0.717, 1.165) is 16.1 Å². The lowest BCUT2D eigenvalue weighted by Crippen LogP contribution is -1.80. The second-order valence-electron chi connectivity index (χ2n) is 3.86. The van der Waals surface area contributed by atoms with Crippen molar-refractivity contribution < 1.29 is 0 Å². The Hall–Kier alpha value is -0.670. The number of benzene rings is 1. The van der Waals surface area contributed by atoms with Crippen LogP contribution in [0.25, 0.3) is 11.3 Å². The quantitative estimate of drug-likeness (QED) is 0.792. The van der Waals surface area contributed by atoms with Gasteiger partial charge in [-0.1, -0.05) is 28.1 Å². The third-order valence-corrected chi connectivity index (χ3v) is 4.07. The molecule has 0 aliphatic heterocycles. The van der Waals surface area contributed by atoms with E-state index >= 15 is 0 Å². The Balaban J connectivity index is 1.97. The summed E-state index contributed by atoms with van der Waals surface area (Å²) in [5, 5.41) is 3.47. The van der Waals surface area contributed by atoms with Crippen molar-refractivity contribution in [1.82, 2.24) is 4.98 Å². The van der Waals surface area contributed by atoms with Crippen LogP contribution in [0.15, 0.2) is 34.1 Å². The first-order chi connectivity index (χ1) is 7.33. The monoisotopic (exact) mass is 279 g/mol. The third kappa shape index (κ3) is 1.99. The predicted octanol–water partition coefficient (Wildman–Crippen LogP) is 4.45. The maximum Gasteiger partial charge on any atom is 0.0963 e. The number of nitrogens with zero attached hydrogens (tertiary/aromatic N) is 1. The smallest absolute Gasteiger partial charge is 0.0963 e. The standard InChI is InChI=1S/C12H10BrNS/c13-10-3-1-2-9(6-10)11-7-15-12(14-11)8-4-5-8/h1-3,6-8H,4-5H2. The average molecular weight is 280 g/mol. The van der Waals surface area contributed by atoms with Crippen molar-refractivity contribution in [2.75, 3.05) is 0 Å². The fraction of sp³-hybridized carbons (Fsp3) is 0.250. The Bertz CT molecular complexity index is 488. The zero-order valence-electron chi connectivity index (χ0n) is 8.11. The van der Waals surface area contributed by atoms with Gasteiger partial charge in [-0.25, -0.2) is 4.98 Å². The lowest BCUT2D eigenvalue weighted by molar-refractivity contribution is 1.09. The first-order valence-electron chi connectivity index (χ1n) is 5.04. The molecule has 0 spiro atoms. The molecule has 1 aromatic carbocycles. The van der Waals surface area contributed by atoms with Gasteiger partial charge >= 0.3 is 0 Å². The van der Waals surface area contributed by atoms with Crippen molar-refractivity contribution in [2.24, 2.45) is 0 Å². The maximum atomic E-state index is 4.68. The summed E-state index contributed by atoms with van der Waals surface area (Å²) in [4.78, 5) is 4.68. The molecule has 1 aliphatic rings. The van der Waals surface area contributed by atoms with Gasteiger partial charge in [0.1, 0.15) is 0 Å². The highest BCUT2D eigenvalue weighted by atomic mass is 79.9. The summed E-state index contributed by atoms with van der Waals surface area (Å²) in [7, 11) is 0. The second-order valence-corrected chi connectivity index (χ2v) is 5.66. The summed E-state index contributed by atoms with van der Waals surface area (Å²) in [6.07, 6.45) is 2.65. The Morgan fingerprint density at radius 1 is 1.33 bits per heavy atom. The minimum absolute atomic E-state index is 0.760. The molecule has 0 radical (unpaired) electrons. The van der Waals surface area contributed by atoms with E-state index in [2.05, 4.69) is 44.5 Å². The van der Waals surface area contributed by atoms with Gasteiger partial charge < -0.3 is 0 Å². The van der Waals surface area contributed by atoms with E-state index in [1.807, 2.05) is 6.07 Å². The molecular weight excluding hydrogens is 270 g/mol. The molecule has 0 unspecified atom stereocenters.